The molecule has 0 N–H and O–H groups in total. The summed E-state index contributed by atoms with van der Waals surface area (Å²) in [7, 11) is 0. The van der Waals surface area contributed by atoms with Gasteiger partial charge in [-0.25, -0.2) is 4.79 Å². The van der Waals surface area contributed by atoms with Crippen LogP contribution in [0.3, 0.4) is 0 Å². The Morgan fingerprint density at radius 3 is 2.45 bits per heavy atom. The Morgan fingerprint density at radius 1 is 1.20 bits per heavy atom. The van der Waals surface area contributed by atoms with Crippen molar-refractivity contribution >= 4 is 11.9 Å². The Balaban J connectivity index is 1.80. The molecule has 0 unspecified atom stereocenters. The maximum Gasteiger partial charge on any atom is 0.357 e. The highest BCUT2D eigenvalue weighted by Crippen LogP contribution is 2.19. The monoisotopic (exact) mass is 277 g/mol. The van der Waals surface area contributed by atoms with E-state index >= 15 is 0 Å². The van der Waals surface area contributed by atoms with Crippen molar-refractivity contribution < 1.29 is 19.2 Å². The van der Waals surface area contributed by atoms with E-state index in [4.69, 9.17) is 9.57 Å². The molecule has 0 saturated carbocycles. The van der Waals surface area contributed by atoms with Crippen LogP contribution in [0.5, 0.6) is 0 Å². The highest BCUT2D eigenvalue weighted by Gasteiger charge is 2.27. The minimum Gasteiger partial charge on any atom is -0.466 e. The maximum atomic E-state index is 11.9. The molecule has 20 heavy (non-hydrogen) atoms. The number of piperidine rings is 1. The zero-order chi connectivity index (χ0) is 14.4. The molecule has 0 amide bonds. The Hall–Kier alpha value is -1.88. The molecule has 1 aliphatic heterocycles. The zero-order valence-electron chi connectivity index (χ0n) is 11.6. The lowest BCUT2D eigenvalue weighted by Crippen LogP contribution is -2.38. The summed E-state index contributed by atoms with van der Waals surface area (Å²) < 4.78 is 5.00. The summed E-state index contributed by atoms with van der Waals surface area (Å²) in [4.78, 5) is 28.8. The lowest BCUT2D eigenvalue weighted by molar-refractivity contribution is -0.157. The molecule has 0 spiro atoms. The number of rotatable bonds is 4. The van der Waals surface area contributed by atoms with Gasteiger partial charge < -0.3 is 9.57 Å². The Morgan fingerprint density at radius 2 is 1.85 bits per heavy atom. The van der Waals surface area contributed by atoms with Crippen LogP contribution >= 0.6 is 0 Å². The van der Waals surface area contributed by atoms with E-state index in [-0.39, 0.29) is 17.9 Å². The molecule has 1 heterocycles. The Bertz CT molecular complexity index is 452. The topological polar surface area (TPSA) is 55.8 Å². The van der Waals surface area contributed by atoms with Gasteiger partial charge in [0, 0.05) is 13.1 Å². The summed E-state index contributed by atoms with van der Waals surface area (Å²) in [5.74, 6) is -0.594. The summed E-state index contributed by atoms with van der Waals surface area (Å²) in [6, 6.07) is 8.87. The van der Waals surface area contributed by atoms with Crippen LogP contribution in [-0.2, 0) is 14.4 Å². The third kappa shape index (κ3) is 3.81. The number of carbonyl (C=O) groups is 2. The maximum absolute atomic E-state index is 11.9. The first-order valence-electron chi connectivity index (χ1n) is 6.89. The van der Waals surface area contributed by atoms with Crippen LogP contribution in [-0.4, -0.2) is 36.7 Å². The lowest BCUT2D eigenvalue weighted by Gasteiger charge is -2.29. The molecule has 0 aliphatic carbocycles. The van der Waals surface area contributed by atoms with Crippen molar-refractivity contribution in [1.82, 2.24) is 5.06 Å². The fourth-order valence-corrected chi connectivity index (χ4v) is 2.19. The molecule has 1 aromatic rings. The molecule has 5 heteroatoms. The standard InChI is InChI=1S/C15H19NO4/c1-2-19-14(17)13-8-10-16(11-9-13)20-15(18)12-6-4-3-5-7-12/h3-7,13H,2,8-11H2,1H3. The quantitative estimate of drug-likeness (QED) is 0.788. The van der Waals surface area contributed by atoms with Crippen molar-refractivity contribution in [1.29, 1.82) is 0 Å². The molecule has 0 bridgehead atoms. The second kappa shape index (κ2) is 7.05. The van der Waals surface area contributed by atoms with E-state index in [1.807, 2.05) is 6.07 Å². The number of esters is 1. The lowest BCUT2D eigenvalue weighted by atomic mass is 9.98. The van der Waals surface area contributed by atoms with E-state index in [0.29, 0.717) is 38.1 Å². The minimum absolute atomic E-state index is 0.0818. The van der Waals surface area contributed by atoms with E-state index in [0.717, 1.165) is 0 Å². The van der Waals surface area contributed by atoms with Gasteiger partial charge in [-0.2, -0.15) is 0 Å². The summed E-state index contributed by atoms with van der Waals surface area (Å²) in [6.45, 7) is 3.32. The van der Waals surface area contributed by atoms with Gasteiger partial charge in [-0.3, -0.25) is 4.79 Å². The smallest absolute Gasteiger partial charge is 0.357 e. The van der Waals surface area contributed by atoms with Crippen LogP contribution in [0.4, 0.5) is 0 Å². The van der Waals surface area contributed by atoms with Crippen LogP contribution in [0, 0.1) is 5.92 Å². The second-order valence-electron chi connectivity index (χ2n) is 4.70. The highest BCUT2D eigenvalue weighted by molar-refractivity contribution is 5.89. The van der Waals surface area contributed by atoms with Crippen LogP contribution < -0.4 is 0 Å². The Labute approximate surface area is 118 Å². The van der Waals surface area contributed by atoms with Crippen LogP contribution in [0.25, 0.3) is 0 Å². The first kappa shape index (κ1) is 14.5. The summed E-state index contributed by atoms with van der Waals surface area (Å²) in [6.07, 6.45) is 1.31. The van der Waals surface area contributed by atoms with E-state index in [1.54, 1.807) is 36.3 Å². The summed E-state index contributed by atoms with van der Waals surface area (Å²) >= 11 is 0. The summed E-state index contributed by atoms with van der Waals surface area (Å²) in [5.41, 5.74) is 0.528. The van der Waals surface area contributed by atoms with Crippen LogP contribution in [0.15, 0.2) is 30.3 Å². The van der Waals surface area contributed by atoms with Crippen LogP contribution in [0.2, 0.25) is 0 Å². The predicted molar refractivity (Wildman–Crippen MR) is 72.8 cm³/mol. The van der Waals surface area contributed by atoms with Crippen LogP contribution in [0.1, 0.15) is 30.1 Å². The fraction of sp³-hybridized carbons (Fsp3) is 0.467. The SMILES string of the molecule is CCOC(=O)C1CCN(OC(=O)c2ccccc2)CC1. The van der Waals surface area contributed by atoms with Gasteiger partial charge >= 0.3 is 11.9 Å². The normalized spacial score (nSPS) is 16.6. The Kier molecular flexibility index (Phi) is 5.12. The number of benzene rings is 1. The predicted octanol–water partition coefficient (Wildman–Crippen LogP) is 2.03. The van der Waals surface area contributed by atoms with Gasteiger partial charge in [0.1, 0.15) is 0 Å². The first-order chi connectivity index (χ1) is 9.70. The van der Waals surface area contributed by atoms with Gasteiger partial charge in [0.25, 0.3) is 0 Å². The van der Waals surface area contributed by atoms with E-state index in [2.05, 4.69) is 0 Å². The number of hydroxylamine groups is 2. The number of ether oxygens (including phenoxy) is 1. The number of carbonyl (C=O) groups excluding carboxylic acids is 2. The van der Waals surface area contributed by atoms with Gasteiger partial charge in [-0.1, -0.05) is 18.2 Å². The molecule has 1 aliphatic rings. The molecule has 2 rings (SSSR count). The van der Waals surface area contributed by atoms with Gasteiger partial charge in [-0.05, 0) is 31.9 Å². The number of hydrogen-bond donors (Lipinski definition) is 0. The van der Waals surface area contributed by atoms with Crippen molar-refractivity contribution in [3.8, 4) is 0 Å². The molecule has 0 radical (unpaired) electrons. The fourth-order valence-electron chi connectivity index (χ4n) is 2.19. The summed E-state index contributed by atoms with van der Waals surface area (Å²) in [5, 5.41) is 1.62. The number of nitrogens with zero attached hydrogens (tertiary/aromatic N) is 1. The van der Waals surface area contributed by atoms with Gasteiger partial charge in [-0.15, -0.1) is 5.06 Å². The third-order valence-corrected chi connectivity index (χ3v) is 3.30. The van der Waals surface area contributed by atoms with Gasteiger partial charge in [0.15, 0.2) is 0 Å². The molecule has 1 saturated heterocycles. The van der Waals surface area contributed by atoms with E-state index in [1.165, 1.54) is 0 Å². The molecule has 1 aromatic carbocycles. The number of hydrogen-bond acceptors (Lipinski definition) is 5. The van der Waals surface area contributed by atoms with Crippen molar-refractivity contribution in [3.63, 3.8) is 0 Å². The van der Waals surface area contributed by atoms with E-state index in [9.17, 15) is 9.59 Å². The molecule has 0 atom stereocenters. The average molecular weight is 277 g/mol. The third-order valence-electron chi connectivity index (χ3n) is 3.30. The highest BCUT2D eigenvalue weighted by atomic mass is 16.7. The van der Waals surface area contributed by atoms with E-state index < -0.39 is 0 Å². The first-order valence-corrected chi connectivity index (χ1v) is 6.89. The molecule has 1 fully saturated rings. The second-order valence-corrected chi connectivity index (χ2v) is 4.70. The molecule has 5 nitrogen and oxygen atoms in total. The largest absolute Gasteiger partial charge is 0.466 e. The van der Waals surface area contributed by atoms with Crippen molar-refractivity contribution in [2.45, 2.75) is 19.8 Å². The van der Waals surface area contributed by atoms with Crippen molar-refractivity contribution in [2.24, 2.45) is 5.92 Å². The molecular formula is C15H19NO4. The van der Waals surface area contributed by atoms with Gasteiger partial charge in [0.2, 0.25) is 0 Å². The minimum atomic E-state index is -0.361. The zero-order valence-corrected chi connectivity index (χ0v) is 11.6. The van der Waals surface area contributed by atoms with Crippen molar-refractivity contribution in [2.75, 3.05) is 19.7 Å². The molecule has 0 aromatic heterocycles. The van der Waals surface area contributed by atoms with Crippen molar-refractivity contribution in [3.05, 3.63) is 35.9 Å². The van der Waals surface area contributed by atoms with Gasteiger partial charge in [0.05, 0.1) is 18.1 Å². The average Bonchev–Trinajstić information content (AvgIpc) is 2.49. The molecule has 108 valence electrons. The molecular weight excluding hydrogens is 258 g/mol.